The first-order valence-corrected chi connectivity index (χ1v) is 5.94. The summed E-state index contributed by atoms with van der Waals surface area (Å²) in [6.45, 7) is 5.38. The van der Waals surface area contributed by atoms with Crippen LogP contribution in [0.1, 0.15) is 33.1 Å². The largest absolute Gasteiger partial charge is 0.491 e. The first-order chi connectivity index (χ1) is 7.77. The number of anilines is 1. The van der Waals surface area contributed by atoms with E-state index in [-0.39, 0.29) is 5.82 Å². The van der Waals surface area contributed by atoms with Crippen molar-refractivity contribution in [1.29, 1.82) is 0 Å². The standard InChI is InChI=1S/C13H20FNO/c1-3-5-6-9-15-11-7-8-13(16-4-2)12(14)10-11/h7-8,10,15H,3-6,9H2,1-2H3. The molecule has 0 unspecified atom stereocenters. The highest BCUT2D eigenvalue weighted by Gasteiger charge is 2.03. The molecule has 0 radical (unpaired) electrons. The number of nitrogens with one attached hydrogen (secondary N) is 1. The minimum absolute atomic E-state index is 0.303. The second kappa shape index (κ2) is 7.09. The maximum Gasteiger partial charge on any atom is 0.167 e. The zero-order chi connectivity index (χ0) is 11.8. The molecule has 1 aromatic rings. The lowest BCUT2D eigenvalue weighted by molar-refractivity contribution is 0.321. The first-order valence-electron chi connectivity index (χ1n) is 5.94. The van der Waals surface area contributed by atoms with Gasteiger partial charge in [0.05, 0.1) is 6.61 Å². The Morgan fingerprint density at radius 3 is 2.69 bits per heavy atom. The van der Waals surface area contributed by atoms with Gasteiger partial charge in [-0.2, -0.15) is 0 Å². The lowest BCUT2D eigenvalue weighted by atomic mass is 10.2. The zero-order valence-corrected chi connectivity index (χ0v) is 10.1. The number of benzene rings is 1. The van der Waals surface area contributed by atoms with E-state index in [2.05, 4.69) is 12.2 Å². The molecule has 0 aliphatic rings. The van der Waals surface area contributed by atoms with Crippen LogP contribution in [0.15, 0.2) is 18.2 Å². The Balaban J connectivity index is 2.46. The van der Waals surface area contributed by atoms with E-state index in [9.17, 15) is 4.39 Å². The van der Waals surface area contributed by atoms with Crippen molar-refractivity contribution >= 4 is 5.69 Å². The highest BCUT2D eigenvalue weighted by Crippen LogP contribution is 2.21. The molecular weight excluding hydrogens is 205 g/mol. The summed E-state index contributed by atoms with van der Waals surface area (Å²) < 4.78 is 18.6. The molecule has 0 saturated heterocycles. The van der Waals surface area contributed by atoms with Gasteiger partial charge in [-0.1, -0.05) is 19.8 Å². The van der Waals surface area contributed by atoms with Gasteiger partial charge in [-0.05, 0) is 25.5 Å². The Bertz CT molecular complexity index is 315. The summed E-state index contributed by atoms with van der Waals surface area (Å²) in [5.74, 6) is 0.0175. The summed E-state index contributed by atoms with van der Waals surface area (Å²) >= 11 is 0. The molecule has 0 aromatic heterocycles. The molecule has 0 spiro atoms. The lowest BCUT2D eigenvalue weighted by Gasteiger charge is -2.08. The van der Waals surface area contributed by atoms with Gasteiger partial charge in [-0.3, -0.25) is 0 Å². The Kier molecular flexibility index (Phi) is 5.68. The van der Waals surface area contributed by atoms with Crippen LogP contribution in [0.2, 0.25) is 0 Å². The van der Waals surface area contributed by atoms with Gasteiger partial charge in [-0.15, -0.1) is 0 Å². The van der Waals surface area contributed by atoms with Crippen molar-refractivity contribution in [1.82, 2.24) is 0 Å². The van der Waals surface area contributed by atoms with Gasteiger partial charge in [0, 0.05) is 18.3 Å². The molecule has 0 fully saturated rings. The van der Waals surface area contributed by atoms with Crippen molar-refractivity contribution in [2.75, 3.05) is 18.5 Å². The molecule has 16 heavy (non-hydrogen) atoms. The maximum atomic E-state index is 13.4. The molecular formula is C13H20FNO. The summed E-state index contributed by atoms with van der Waals surface area (Å²) in [4.78, 5) is 0. The van der Waals surface area contributed by atoms with Crippen molar-refractivity contribution < 1.29 is 9.13 Å². The molecule has 0 amide bonds. The van der Waals surface area contributed by atoms with Gasteiger partial charge >= 0.3 is 0 Å². The van der Waals surface area contributed by atoms with Gasteiger partial charge in [0.2, 0.25) is 0 Å². The molecule has 0 aliphatic carbocycles. The predicted octanol–water partition coefficient (Wildman–Crippen LogP) is 3.83. The minimum Gasteiger partial charge on any atom is -0.491 e. The molecule has 0 saturated carbocycles. The molecule has 1 aromatic carbocycles. The lowest BCUT2D eigenvalue weighted by Crippen LogP contribution is -2.02. The van der Waals surface area contributed by atoms with Crippen molar-refractivity contribution in [3.8, 4) is 5.75 Å². The van der Waals surface area contributed by atoms with Crippen molar-refractivity contribution in [2.45, 2.75) is 33.1 Å². The predicted molar refractivity (Wildman–Crippen MR) is 65.6 cm³/mol. The van der Waals surface area contributed by atoms with Crippen LogP contribution in [0.3, 0.4) is 0 Å². The van der Waals surface area contributed by atoms with Crippen LogP contribution in [0.25, 0.3) is 0 Å². The SMILES string of the molecule is CCCCCNc1ccc(OCC)c(F)c1. The summed E-state index contributed by atoms with van der Waals surface area (Å²) in [5.41, 5.74) is 0.817. The Morgan fingerprint density at radius 1 is 1.25 bits per heavy atom. The maximum absolute atomic E-state index is 13.4. The topological polar surface area (TPSA) is 21.3 Å². The number of rotatable bonds is 7. The summed E-state index contributed by atoms with van der Waals surface area (Å²) in [6.07, 6.45) is 3.51. The number of hydrogen-bond donors (Lipinski definition) is 1. The van der Waals surface area contributed by atoms with Gasteiger partial charge in [0.1, 0.15) is 0 Å². The van der Waals surface area contributed by atoms with Crippen molar-refractivity contribution in [3.63, 3.8) is 0 Å². The second-order valence-electron chi connectivity index (χ2n) is 3.71. The van der Waals surface area contributed by atoms with E-state index in [1.54, 1.807) is 6.07 Å². The Hall–Kier alpha value is -1.25. The normalized spacial score (nSPS) is 10.2. The van der Waals surface area contributed by atoms with Crippen LogP contribution in [0, 0.1) is 5.82 Å². The van der Waals surface area contributed by atoms with Crippen LogP contribution >= 0.6 is 0 Å². The molecule has 0 heterocycles. The van der Waals surface area contributed by atoms with Crippen LogP contribution in [0.4, 0.5) is 10.1 Å². The Morgan fingerprint density at radius 2 is 2.06 bits per heavy atom. The molecule has 90 valence electrons. The fourth-order valence-corrected chi connectivity index (χ4v) is 1.49. The summed E-state index contributed by atoms with van der Waals surface area (Å²) in [6, 6.07) is 5.00. The summed E-state index contributed by atoms with van der Waals surface area (Å²) in [7, 11) is 0. The average molecular weight is 225 g/mol. The van der Waals surface area contributed by atoms with Gasteiger partial charge in [0.15, 0.2) is 11.6 Å². The van der Waals surface area contributed by atoms with E-state index in [1.165, 1.54) is 18.9 Å². The van der Waals surface area contributed by atoms with Crippen LogP contribution in [-0.4, -0.2) is 13.2 Å². The monoisotopic (exact) mass is 225 g/mol. The number of halogens is 1. The van der Waals surface area contributed by atoms with Crippen LogP contribution in [-0.2, 0) is 0 Å². The average Bonchev–Trinajstić information content (AvgIpc) is 2.28. The van der Waals surface area contributed by atoms with E-state index in [1.807, 2.05) is 13.0 Å². The third kappa shape index (κ3) is 4.09. The zero-order valence-electron chi connectivity index (χ0n) is 10.1. The molecule has 1 rings (SSSR count). The quantitative estimate of drug-likeness (QED) is 0.712. The molecule has 2 nitrogen and oxygen atoms in total. The minimum atomic E-state index is -0.303. The van der Waals surface area contributed by atoms with Gasteiger partial charge < -0.3 is 10.1 Å². The second-order valence-corrected chi connectivity index (χ2v) is 3.71. The third-order valence-corrected chi connectivity index (χ3v) is 2.34. The molecule has 3 heteroatoms. The number of hydrogen-bond acceptors (Lipinski definition) is 2. The summed E-state index contributed by atoms with van der Waals surface area (Å²) in [5, 5.41) is 3.19. The molecule has 0 atom stereocenters. The highest BCUT2D eigenvalue weighted by atomic mass is 19.1. The van der Waals surface area contributed by atoms with E-state index in [4.69, 9.17) is 4.74 Å². The molecule has 1 N–H and O–H groups in total. The van der Waals surface area contributed by atoms with E-state index >= 15 is 0 Å². The molecule has 0 bridgehead atoms. The first kappa shape index (κ1) is 12.8. The fraction of sp³-hybridized carbons (Fsp3) is 0.538. The highest BCUT2D eigenvalue weighted by molar-refractivity contribution is 5.47. The fourth-order valence-electron chi connectivity index (χ4n) is 1.49. The number of unbranched alkanes of at least 4 members (excludes halogenated alkanes) is 2. The van der Waals surface area contributed by atoms with E-state index in [0.717, 1.165) is 18.7 Å². The van der Waals surface area contributed by atoms with E-state index < -0.39 is 0 Å². The van der Waals surface area contributed by atoms with Crippen LogP contribution in [0.5, 0.6) is 5.75 Å². The Labute approximate surface area is 96.8 Å². The van der Waals surface area contributed by atoms with Crippen LogP contribution < -0.4 is 10.1 Å². The third-order valence-electron chi connectivity index (χ3n) is 2.34. The smallest absolute Gasteiger partial charge is 0.167 e. The van der Waals surface area contributed by atoms with Crippen molar-refractivity contribution in [2.24, 2.45) is 0 Å². The number of ether oxygens (including phenoxy) is 1. The van der Waals surface area contributed by atoms with Gasteiger partial charge in [0.25, 0.3) is 0 Å². The van der Waals surface area contributed by atoms with Crippen molar-refractivity contribution in [3.05, 3.63) is 24.0 Å². The van der Waals surface area contributed by atoms with E-state index in [0.29, 0.717) is 12.4 Å². The molecule has 0 aliphatic heterocycles. The van der Waals surface area contributed by atoms with Gasteiger partial charge in [-0.25, -0.2) is 4.39 Å².